The molecule has 1 atom stereocenters. The molecule has 0 aromatic heterocycles. The molecule has 2 aromatic carbocycles. The van der Waals surface area contributed by atoms with E-state index < -0.39 is 23.6 Å². The van der Waals surface area contributed by atoms with Gasteiger partial charge in [-0.1, -0.05) is 68.8 Å². The van der Waals surface area contributed by atoms with Gasteiger partial charge >= 0.3 is 12.1 Å². The van der Waals surface area contributed by atoms with Crippen LogP contribution < -0.4 is 10.6 Å². The van der Waals surface area contributed by atoms with E-state index >= 15 is 0 Å². The molecular weight excluding hydrogens is 444 g/mol. The number of ether oxygens (including phenoxy) is 1. The first-order valence-corrected chi connectivity index (χ1v) is 12.5. The molecule has 3 N–H and O–H groups in total. The predicted molar refractivity (Wildman–Crippen MR) is 133 cm³/mol. The Morgan fingerprint density at radius 1 is 1.00 bits per heavy atom. The van der Waals surface area contributed by atoms with Crippen molar-refractivity contribution in [3.8, 4) is 11.1 Å². The number of carboxylic acids is 1. The van der Waals surface area contributed by atoms with Crippen LogP contribution >= 0.6 is 0 Å². The second-order valence-electron chi connectivity index (χ2n) is 9.61. The molecule has 0 aliphatic heterocycles. The average molecular weight is 479 g/mol. The quantitative estimate of drug-likeness (QED) is 0.453. The van der Waals surface area contributed by atoms with Gasteiger partial charge in [0.15, 0.2) is 0 Å². The van der Waals surface area contributed by atoms with Crippen LogP contribution in [0.15, 0.2) is 48.5 Å². The SMILES string of the molecule is CCC(CC)(NC(=O)OCC1c2ccccc2-c2ccccc21)C(=O)NC(CC(=O)O)C1CCC1. The van der Waals surface area contributed by atoms with Crippen molar-refractivity contribution in [2.24, 2.45) is 5.92 Å². The molecule has 1 fully saturated rings. The Kier molecular flexibility index (Phi) is 7.43. The maximum absolute atomic E-state index is 13.3. The molecule has 0 radical (unpaired) electrons. The first-order valence-electron chi connectivity index (χ1n) is 12.5. The fourth-order valence-corrected chi connectivity index (χ4v) is 5.31. The number of carboxylic acid groups (broad SMARTS) is 1. The fraction of sp³-hybridized carbons (Fsp3) is 0.464. The highest BCUT2D eigenvalue weighted by atomic mass is 16.5. The van der Waals surface area contributed by atoms with Gasteiger partial charge in [0, 0.05) is 12.0 Å². The summed E-state index contributed by atoms with van der Waals surface area (Å²) in [5, 5.41) is 15.0. The molecule has 0 saturated heterocycles. The van der Waals surface area contributed by atoms with E-state index in [0.717, 1.165) is 41.5 Å². The number of amides is 2. The molecule has 2 aromatic rings. The van der Waals surface area contributed by atoms with E-state index in [2.05, 4.69) is 34.9 Å². The van der Waals surface area contributed by atoms with Gasteiger partial charge in [-0.15, -0.1) is 0 Å². The van der Waals surface area contributed by atoms with Gasteiger partial charge < -0.3 is 20.5 Å². The zero-order chi connectivity index (χ0) is 25.0. The lowest BCUT2D eigenvalue weighted by Gasteiger charge is -2.37. The first kappa shape index (κ1) is 24.8. The molecule has 0 heterocycles. The Morgan fingerprint density at radius 2 is 1.57 bits per heavy atom. The molecule has 2 aliphatic carbocycles. The summed E-state index contributed by atoms with van der Waals surface area (Å²) in [7, 11) is 0. The van der Waals surface area contributed by atoms with Crippen molar-refractivity contribution in [2.45, 2.75) is 69.9 Å². The number of carbonyl (C=O) groups is 3. The smallest absolute Gasteiger partial charge is 0.408 e. The lowest BCUT2D eigenvalue weighted by Crippen LogP contribution is -2.61. The van der Waals surface area contributed by atoms with E-state index in [-0.39, 0.29) is 30.8 Å². The number of aliphatic carboxylic acids is 1. The van der Waals surface area contributed by atoms with Gasteiger partial charge in [-0.05, 0) is 53.9 Å². The van der Waals surface area contributed by atoms with Gasteiger partial charge in [-0.25, -0.2) is 4.79 Å². The van der Waals surface area contributed by atoms with E-state index in [1.807, 2.05) is 38.1 Å². The third-order valence-electron chi connectivity index (χ3n) is 7.76. The summed E-state index contributed by atoms with van der Waals surface area (Å²) in [5.74, 6) is -1.20. The van der Waals surface area contributed by atoms with E-state index in [1.54, 1.807) is 0 Å². The van der Waals surface area contributed by atoms with E-state index in [1.165, 1.54) is 0 Å². The number of benzene rings is 2. The number of rotatable bonds is 10. The largest absolute Gasteiger partial charge is 0.481 e. The standard InChI is InChI=1S/C28H34N2O5/c1-3-28(4-2,26(33)29-24(16-25(31)32)18-10-9-11-18)30-27(34)35-17-23-21-14-7-5-12-19(21)20-13-6-8-15-22(20)23/h5-8,12-15,18,23-24H,3-4,9-11,16-17H2,1-2H3,(H,29,33)(H,30,34)(H,31,32). The van der Waals surface area contributed by atoms with Crippen molar-refractivity contribution < 1.29 is 24.2 Å². The monoisotopic (exact) mass is 478 g/mol. The number of hydrogen-bond acceptors (Lipinski definition) is 4. The van der Waals surface area contributed by atoms with Gasteiger partial charge in [-0.3, -0.25) is 9.59 Å². The molecule has 7 nitrogen and oxygen atoms in total. The van der Waals surface area contributed by atoms with Crippen molar-refractivity contribution >= 4 is 18.0 Å². The number of alkyl carbamates (subject to hydrolysis) is 1. The maximum atomic E-state index is 13.3. The van der Waals surface area contributed by atoms with Crippen LogP contribution in [0.25, 0.3) is 11.1 Å². The van der Waals surface area contributed by atoms with Crippen LogP contribution in [-0.4, -0.2) is 41.3 Å². The number of nitrogens with one attached hydrogen (secondary N) is 2. The number of hydrogen-bond donors (Lipinski definition) is 3. The van der Waals surface area contributed by atoms with Gasteiger partial charge in [0.2, 0.25) is 5.91 Å². The summed E-state index contributed by atoms with van der Waals surface area (Å²) in [5.41, 5.74) is 3.37. The lowest BCUT2D eigenvalue weighted by molar-refractivity contribution is -0.138. The lowest BCUT2D eigenvalue weighted by atomic mass is 9.78. The Labute approximate surface area is 206 Å². The summed E-state index contributed by atoms with van der Waals surface area (Å²) in [4.78, 5) is 37.6. The second kappa shape index (κ2) is 10.5. The summed E-state index contributed by atoms with van der Waals surface area (Å²) < 4.78 is 5.67. The Morgan fingerprint density at radius 3 is 2.06 bits per heavy atom. The van der Waals surface area contributed by atoms with Gasteiger partial charge in [-0.2, -0.15) is 0 Å². The summed E-state index contributed by atoms with van der Waals surface area (Å²) in [6, 6.07) is 15.8. The highest BCUT2D eigenvalue weighted by Crippen LogP contribution is 2.44. The molecule has 35 heavy (non-hydrogen) atoms. The normalized spacial score (nSPS) is 15.9. The minimum Gasteiger partial charge on any atom is -0.481 e. The van der Waals surface area contributed by atoms with Crippen LogP contribution in [0.5, 0.6) is 0 Å². The third-order valence-corrected chi connectivity index (χ3v) is 7.76. The van der Waals surface area contributed by atoms with Crippen molar-refractivity contribution in [3.05, 3.63) is 59.7 Å². The van der Waals surface area contributed by atoms with E-state index in [9.17, 15) is 19.5 Å². The molecule has 2 aliphatic rings. The zero-order valence-electron chi connectivity index (χ0n) is 20.4. The highest BCUT2D eigenvalue weighted by molar-refractivity contribution is 5.90. The molecular formula is C28H34N2O5. The Balaban J connectivity index is 1.43. The van der Waals surface area contributed by atoms with Crippen LogP contribution in [0.3, 0.4) is 0 Å². The van der Waals surface area contributed by atoms with Gasteiger partial charge in [0.1, 0.15) is 12.1 Å². The minimum absolute atomic E-state index is 0.0711. The van der Waals surface area contributed by atoms with E-state index in [0.29, 0.717) is 12.8 Å². The minimum atomic E-state index is -1.16. The average Bonchev–Trinajstić information content (AvgIpc) is 3.13. The van der Waals surface area contributed by atoms with E-state index in [4.69, 9.17) is 4.74 Å². The molecule has 7 heteroatoms. The van der Waals surface area contributed by atoms with Crippen LogP contribution in [0.1, 0.15) is 69.4 Å². The molecule has 0 bridgehead atoms. The number of fused-ring (bicyclic) bond motifs is 3. The molecule has 2 amide bonds. The van der Waals surface area contributed by atoms with Crippen molar-refractivity contribution in [2.75, 3.05) is 6.61 Å². The topological polar surface area (TPSA) is 105 Å². The van der Waals surface area contributed by atoms with Crippen molar-refractivity contribution in [1.29, 1.82) is 0 Å². The second-order valence-corrected chi connectivity index (χ2v) is 9.61. The molecule has 186 valence electrons. The van der Waals surface area contributed by atoms with Crippen molar-refractivity contribution in [3.63, 3.8) is 0 Å². The Bertz CT molecular complexity index is 1040. The highest BCUT2D eigenvalue weighted by Gasteiger charge is 2.40. The number of carbonyl (C=O) groups excluding carboxylic acids is 2. The van der Waals surface area contributed by atoms with Gasteiger partial charge in [0.05, 0.1) is 6.42 Å². The van der Waals surface area contributed by atoms with Gasteiger partial charge in [0.25, 0.3) is 0 Å². The fourth-order valence-electron chi connectivity index (χ4n) is 5.31. The van der Waals surface area contributed by atoms with Crippen molar-refractivity contribution in [1.82, 2.24) is 10.6 Å². The summed E-state index contributed by atoms with van der Waals surface area (Å²) >= 11 is 0. The molecule has 1 saturated carbocycles. The molecule has 4 rings (SSSR count). The van der Waals surface area contributed by atoms with Crippen LogP contribution in [0.4, 0.5) is 4.79 Å². The maximum Gasteiger partial charge on any atom is 0.408 e. The van der Waals surface area contributed by atoms with Crippen LogP contribution in [0, 0.1) is 5.92 Å². The molecule has 0 spiro atoms. The Hall–Kier alpha value is -3.35. The first-order chi connectivity index (χ1) is 16.9. The summed E-state index contributed by atoms with van der Waals surface area (Å²) in [6.07, 6.45) is 2.82. The predicted octanol–water partition coefficient (Wildman–Crippen LogP) is 4.84. The van der Waals surface area contributed by atoms with Crippen LogP contribution in [-0.2, 0) is 14.3 Å². The third kappa shape index (κ3) is 5.04. The molecule has 1 unspecified atom stereocenters. The zero-order valence-corrected chi connectivity index (χ0v) is 20.4. The van der Waals surface area contributed by atoms with Crippen LogP contribution in [0.2, 0.25) is 0 Å². The summed E-state index contributed by atoms with van der Waals surface area (Å²) in [6.45, 7) is 3.83.